The van der Waals surface area contributed by atoms with E-state index in [2.05, 4.69) is 4.74 Å². The Hall–Kier alpha value is -1.85. The average molecular weight is 396 g/mol. The number of methoxy groups -OCH3 is 1. The Balaban J connectivity index is 3.45. The normalized spacial score (nSPS) is 15.5. The lowest BCUT2D eigenvalue weighted by molar-refractivity contribution is -0.152. The van der Waals surface area contributed by atoms with Crippen molar-refractivity contribution < 1.29 is 48.7 Å². The molecule has 0 aliphatic heterocycles. The van der Waals surface area contributed by atoms with Gasteiger partial charge in [0, 0.05) is 5.56 Å². The molecule has 0 saturated carbocycles. The third kappa shape index (κ3) is 5.06. The van der Waals surface area contributed by atoms with Gasteiger partial charge in [0.1, 0.15) is 0 Å². The summed E-state index contributed by atoms with van der Waals surface area (Å²) in [5.41, 5.74) is -2.49. The van der Waals surface area contributed by atoms with Gasteiger partial charge in [-0.2, -0.15) is 26.3 Å². The fourth-order valence-electron chi connectivity index (χ4n) is 1.89. The van der Waals surface area contributed by atoms with E-state index >= 15 is 0 Å². The number of halogens is 7. The van der Waals surface area contributed by atoms with E-state index in [1.165, 1.54) is 0 Å². The molecule has 4 nitrogen and oxygen atoms in total. The number of alkyl halides is 7. The molecule has 25 heavy (non-hydrogen) atoms. The van der Waals surface area contributed by atoms with Crippen LogP contribution in [0, 0.1) is 0 Å². The van der Waals surface area contributed by atoms with Crippen molar-refractivity contribution >= 4 is 15.8 Å². The van der Waals surface area contributed by atoms with Gasteiger partial charge in [0.25, 0.3) is 0 Å². The Labute approximate surface area is 137 Å². The predicted octanol–water partition coefficient (Wildman–Crippen LogP) is 3.37. The molecule has 1 aromatic rings. The first-order valence-electron chi connectivity index (χ1n) is 6.35. The molecule has 0 heterocycles. The second-order valence-electron chi connectivity index (χ2n) is 4.93. The van der Waals surface area contributed by atoms with Gasteiger partial charge in [0.2, 0.25) is 14.8 Å². The van der Waals surface area contributed by atoms with Crippen LogP contribution in [0.1, 0.15) is 17.5 Å². The van der Waals surface area contributed by atoms with E-state index in [1.54, 1.807) is 0 Å². The zero-order valence-electron chi connectivity index (χ0n) is 12.4. The largest absolute Gasteiger partial charge is 0.468 e. The highest BCUT2D eigenvalue weighted by atomic mass is 32.2. The van der Waals surface area contributed by atoms with Crippen molar-refractivity contribution in [3.8, 4) is 0 Å². The van der Waals surface area contributed by atoms with E-state index in [0.29, 0.717) is 0 Å². The summed E-state index contributed by atoms with van der Waals surface area (Å²) in [7, 11) is -4.67. The maximum atomic E-state index is 14.9. The molecule has 0 spiro atoms. The van der Waals surface area contributed by atoms with E-state index in [0.717, 1.165) is 7.11 Å². The van der Waals surface area contributed by atoms with Crippen molar-refractivity contribution in [2.75, 3.05) is 12.9 Å². The van der Waals surface area contributed by atoms with E-state index in [4.69, 9.17) is 0 Å². The Morgan fingerprint density at radius 1 is 0.960 bits per heavy atom. The molecule has 12 heteroatoms. The second kappa shape index (κ2) is 6.81. The van der Waals surface area contributed by atoms with Crippen LogP contribution < -0.4 is 0 Å². The van der Waals surface area contributed by atoms with Crippen molar-refractivity contribution in [2.24, 2.45) is 0 Å². The average Bonchev–Trinajstić information content (AvgIpc) is 2.43. The topological polar surface area (TPSA) is 60.4 Å². The van der Waals surface area contributed by atoms with Crippen LogP contribution >= 0.6 is 0 Å². The third-order valence-electron chi connectivity index (χ3n) is 3.10. The maximum absolute atomic E-state index is 14.9. The first-order valence-corrected chi connectivity index (χ1v) is 8.00. The molecule has 0 amide bonds. The summed E-state index contributed by atoms with van der Waals surface area (Å²) in [5, 5.41) is -4.15. The lowest BCUT2D eigenvalue weighted by Crippen LogP contribution is -2.39. The summed E-state index contributed by atoms with van der Waals surface area (Å²) >= 11 is 0. The number of sulfone groups is 1. The lowest BCUT2D eigenvalue weighted by atomic mass is 10.0. The molecule has 1 aromatic carbocycles. The summed E-state index contributed by atoms with van der Waals surface area (Å²) in [5.74, 6) is -3.23. The van der Waals surface area contributed by atoms with Gasteiger partial charge in [-0.25, -0.2) is 12.8 Å². The second-order valence-corrected chi connectivity index (χ2v) is 7.10. The Bertz CT molecular complexity index is 722. The maximum Gasteiger partial charge on any atom is 0.416 e. The first kappa shape index (κ1) is 21.2. The fraction of sp³-hybridized carbons (Fsp3) is 0.462. The highest BCUT2D eigenvalue weighted by Gasteiger charge is 2.54. The van der Waals surface area contributed by atoms with E-state index in [1.807, 2.05) is 0 Å². The summed E-state index contributed by atoms with van der Waals surface area (Å²) in [6.07, 6.45) is -12.7. The molecule has 0 aliphatic carbocycles. The quantitative estimate of drug-likeness (QED) is 0.566. The van der Waals surface area contributed by atoms with Gasteiger partial charge < -0.3 is 4.74 Å². The van der Waals surface area contributed by atoms with Gasteiger partial charge in [-0.05, 0) is 12.1 Å². The molecule has 0 fully saturated rings. The zero-order chi connectivity index (χ0) is 19.7. The van der Waals surface area contributed by atoms with Crippen LogP contribution in [-0.4, -0.2) is 33.4 Å². The monoisotopic (exact) mass is 396 g/mol. The number of hydrogen-bond donors (Lipinski definition) is 0. The Morgan fingerprint density at radius 2 is 1.40 bits per heavy atom. The van der Waals surface area contributed by atoms with Crippen LogP contribution in [-0.2, 0) is 30.5 Å². The Kier molecular flexibility index (Phi) is 5.77. The summed E-state index contributed by atoms with van der Waals surface area (Å²) in [6, 6.07) is 1.05. The van der Waals surface area contributed by atoms with Crippen molar-refractivity contribution in [1.82, 2.24) is 0 Å². The number of hydrogen-bond acceptors (Lipinski definition) is 4. The lowest BCUT2D eigenvalue weighted by Gasteiger charge is -2.26. The molecule has 0 aromatic heterocycles. The molecular weight excluding hydrogens is 385 g/mol. The Morgan fingerprint density at radius 3 is 1.76 bits per heavy atom. The van der Waals surface area contributed by atoms with Crippen LogP contribution in [0.25, 0.3) is 0 Å². The SMILES string of the molecule is COC(=O)CS(=O)(=O)C(F)(CC(F)(F)F)c1ccc(C(F)(F)F)cc1. The van der Waals surface area contributed by atoms with Crippen molar-refractivity contribution in [1.29, 1.82) is 0 Å². The standard InChI is InChI=1S/C13H11F7O4S/c1-24-10(21)6-25(22,23)11(14,7-12(15,16)17)8-2-4-9(5-3-8)13(18,19)20/h2-5H,6-7H2,1H3. The van der Waals surface area contributed by atoms with Gasteiger partial charge in [-0.3, -0.25) is 4.79 Å². The van der Waals surface area contributed by atoms with Gasteiger partial charge in [0.15, 0.2) is 5.75 Å². The van der Waals surface area contributed by atoms with E-state index < -0.39 is 56.5 Å². The van der Waals surface area contributed by atoms with Crippen molar-refractivity contribution in [3.05, 3.63) is 35.4 Å². The number of benzene rings is 1. The van der Waals surface area contributed by atoms with Crippen LogP contribution in [0.3, 0.4) is 0 Å². The molecule has 0 saturated heterocycles. The molecule has 0 N–H and O–H groups in total. The predicted molar refractivity (Wildman–Crippen MR) is 70.7 cm³/mol. The summed E-state index contributed by atoms with van der Waals surface area (Å²) in [6.45, 7) is 0. The van der Waals surface area contributed by atoms with Gasteiger partial charge in [-0.1, -0.05) is 12.1 Å². The number of carbonyl (C=O) groups is 1. The van der Waals surface area contributed by atoms with Gasteiger partial charge in [-0.15, -0.1) is 0 Å². The molecule has 1 unspecified atom stereocenters. The number of esters is 1. The van der Waals surface area contributed by atoms with E-state index in [-0.39, 0.29) is 24.3 Å². The minimum absolute atomic E-state index is 0.244. The van der Waals surface area contributed by atoms with Crippen LogP contribution in [0.15, 0.2) is 24.3 Å². The third-order valence-corrected chi connectivity index (χ3v) is 5.08. The molecular formula is C13H11F7O4S. The van der Waals surface area contributed by atoms with Gasteiger partial charge >= 0.3 is 18.3 Å². The van der Waals surface area contributed by atoms with E-state index in [9.17, 15) is 43.9 Å². The molecule has 1 rings (SSSR count). The summed E-state index contributed by atoms with van der Waals surface area (Å²) in [4.78, 5) is 11.1. The van der Waals surface area contributed by atoms with Crippen molar-refractivity contribution in [2.45, 2.75) is 23.8 Å². The van der Waals surface area contributed by atoms with Crippen LogP contribution in [0.4, 0.5) is 30.7 Å². The molecule has 0 aliphatic rings. The van der Waals surface area contributed by atoms with Crippen molar-refractivity contribution in [3.63, 3.8) is 0 Å². The van der Waals surface area contributed by atoms with Crippen LogP contribution in [0.2, 0.25) is 0 Å². The summed E-state index contributed by atoms with van der Waals surface area (Å²) < 4.78 is 118. The highest BCUT2D eigenvalue weighted by Crippen LogP contribution is 2.43. The minimum atomic E-state index is -5.41. The molecule has 0 bridgehead atoms. The zero-order valence-corrected chi connectivity index (χ0v) is 13.2. The smallest absolute Gasteiger partial charge is 0.416 e. The fourth-order valence-corrected chi connectivity index (χ4v) is 3.42. The highest BCUT2D eigenvalue weighted by molar-refractivity contribution is 7.92. The minimum Gasteiger partial charge on any atom is -0.468 e. The number of ether oxygens (including phenoxy) is 1. The molecule has 0 radical (unpaired) electrons. The van der Waals surface area contributed by atoms with Crippen LogP contribution in [0.5, 0.6) is 0 Å². The number of rotatable bonds is 5. The van der Waals surface area contributed by atoms with Gasteiger partial charge in [0.05, 0.1) is 19.1 Å². The first-order chi connectivity index (χ1) is 11.1. The molecule has 142 valence electrons. The number of carbonyl (C=O) groups excluding carboxylic acids is 1. The molecule has 1 atom stereocenters.